The Morgan fingerprint density at radius 2 is 2.18 bits per heavy atom. The lowest BCUT2D eigenvalue weighted by molar-refractivity contribution is 1.12. The van der Waals surface area contributed by atoms with Crippen LogP contribution >= 0.6 is 15.9 Å². The second kappa shape index (κ2) is 5.09. The number of guanidine groups is 1. The molecule has 0 atom stereocenters. The molecule has 2 rings (SSSR count). The molecule has 0 aliphatic heterocycles. The summed E-state index contributed by atoms with van der Waals surface area (Å²) in [5.74, 6) is 0.386. The zero-order valence-corrected chi connectivity index (χ0v) is 10.9. The van der Waals surface area contributed by atoms with Crippen molar-refractivity contribution in [2.75, 3.05) is 11.9 Å². The number of benzene rings is 1. The first-order valence-electron chi connectivity index (χ1n) is 5.18. The highest BCUT2D eigenvalue weighted by atomic mass is 79.9. The smallest absolute Gasteiger partial charge is 0.193 e. The maximum atomic E-state index is 5.71. The van der Waals surface area contributed by atoms with Gasteiger partial charge in [0.1, 0.15) is 5.52 Å². The van der Waals surface area contributed by atoms with E-state index in [9.17, 15) is 0 Å². The molecule has 1 heterocycles. The second-order valence-electron chi connectivity index (χ2n) is 3.34. The maximum Gasteiger partial charge on any atom is 0.193 e. The standard InChI is InChI=1S/C11H12BrN5/c1-2-14-11(13)17-7-3-4-8-10(9(7)12)16-6-5-15-8/h3-6H,2H2,1H3,(H3,13,14,17). The highest BCUT2D eigenvalue weighted by molar-refractivity contribution is 9.10. The number of nitrogens with zero attached hydrogens (tertiary/aromatic N) is 3. The van der Waals surface area contributed by atoms with Crippen LogP contribution in [-0.2, 0) is 0 Å². The van der Waals surface area contributed by atoms with E-state index in [1.54, 1.807) is 12.4 Å². The molecule has 0 spiro atoms. The lowest BCUT2D eigenvalue weighted by Gasteiger charge is -2.08. The van der Waals surface area contributed by atoms with Crippen LogP contribution in [0, 0.1) is 0 Å². The van der Waals surface area contributed by atoms with Gasteiger partial charge in [0.15, 0.2) is 5.96 Å². The summed E-state index contributed by atoms with van der Waals surface area (Å²) in [6.45, 7) is 2.57. The predicted octanol–water partition coefficient (Wildman–Crippen LogP) is 2.14. The minimum Gasteiger partial charge on any atom is -0.370 e. The summed E-state index contributed by atoms with van der Waals surface area (Å²) in [5, 5.41) is 3.02. The van der Waals surface area contributed by atoms with Gasteiger partial charge in [0.25, 0.3) is 0 Å². The molecule has 2 aromatic rings. The summed E-state index contributed by atoms with van der Waals surface area (Å²) in [4.78, 5) is 12.5. The number of rotatable bonds is 2. The molecule has 1 aromatic heterocycles. The van der Waals surface area contributed by atoms with Crippen molar-refractivity contribution in [3.8, 4) is 0 Å². The zero-order chi connectivity index (χ0) is 12.3. The van der Waals surface area contributed by atoms with Crippen molar-refractivity contribution in [3.05, 3.63) is 29.0 Å². The number of halogens is 1. The molecule has 0 aliphatic rings. The summed E-state index contributed by atoms with van der Waals surface area (Å²) in [6.07, 6.45) is 3.31. The summed E-state index contributed by atoms with van der Waals surface area (Å²) < 4.78 is 0.831. The molecule has 1 aromatic carbocycles. The maximum absolute atomic E-state index is 5.71. The van der Waals surface area contributed by atoms with Crippen LogP contribution in [0.15, 0.2) is 34.0 Å². The Morgan fingerprint density at radius 3 is 2.94 bits per heavy atom. The number of aliphatic imine (C=N–C) groups is 1. The van der Waals surface area contributed by atoms with Crippen LogP contribution in [0.1, 0.15) is 6.92 Å². The highest BCUT2D eigenvalue weighted by Gasteiger charge is 2.07. The third-order valence-electron chi connectivity index (χ3n) is 2.17. The third-order valence-corrected chi connectivity index (χ3v) is 2.97. The first-order valence-corrected chi connectivity index (χ1v) is 5.98. The van der Waals surface area contributed by atoms with E-state index < -0.39 is 0 Å². The molecule has 17 heavy (non-hydrogen) atoms. The van der Waals surface area contributed by atoms with Gasteiger partial charge in [-0.05, 0) is 35.0 Å². The van der Waals surface area contributed by atoms with E-state index in [-0.39, 0.29) is 0 Å². The second-order valence-corrected chi connectivity index (χ2v) is 4.13. The Bertz CT molecular complexity index is 567. The van der Waals surface area contributed by atoms with Crippen LogP contribution in [0.4, 0.5) is 5.69 Å². The van der Waals surface area contributed by atoms with E-state index in [0.717, 1.165) is 21.2 Å². The number of anilines is 1. The number of nitrogens with two attached hydrogens (primary N) is 1. The van der Waals surface area contributed by atoms with E-state index in [0.29, 0.717) is 12.5 Å². The van der Waals surface area contributed by atoms with E-state index >= 15 is 0 Å². The molecule has 6 heteroatoms. The molecule has 0 radical (unpaired) electrons. The van der Waals surface area contributed by atoms with Crippen molar-refractivity contribution in [1.29, 1.82) is 0 Å². The average Bonchev–Trinajstić information content (AvgIpc) is 2.33. The molecule has 0 aliphatic carbocycles. The topological polar surface area (TPSA) is 76.2 Å². The average molecular weight is 294 g/mol. The summed E-state index contributed by atoms with van der Waals surface area (Å²) in [7, 11) is 0. The van der Waals surface area contributed by atoms with Gasteiger partial charge in [-0.15, -0.1) is 0 Å². The van der Waals surface area contributed by atoms with Crippen LogP contribution in [0.5, 0.6) is 0 Å². The van der Waals surface area contributed by atoms with Crippen LogP contribution < -0.4 is 11.1 Å². The van der Waals surface area contributed by atoms with Crippen LogP contribution in [0.3, 0.4) is 0 Å². The number of aromatic nitrogens is 2. The molecule has 0 amide bonds. The fraction of sp³-hybridized carbons (Fsp3) is 0.182. The van der Waals surface area contributed by atoms with E-state index in [1.807, 2.05) is 19.1 Å². The van der Waals surface area contributed by atoms with E-state index in [4.69, 9.17) is 5.73 Å². The fourth-order valence-electron chi connectivity index (χ4n) is 1.45. The molecule has 0 fully saturated rings. The van der Waals surface area contributed by atoms with E-state index in [2.05, 4.69) is 36.2 Å². The predicted molar refractivity (Wildman–Crippen MR) is 73.0 cm³/mol. The molecular formula is C11H12BrN5. The molecule has 88 valence electrons. The quantitative estimate of drug-likeness (QED) is 0.657. The van der Waals surface area contributed by atoms with Gasteiger partial charge in [-0.3, -0.25) is 15.0 Å². The minimum absolute atomic E-state index is 0.386. The Morgan fingerprint density at radius 1 is 1.41 bits per heavy atom. The number of fused-ring (bicyclic) bond motifs is 1. The van der Waals surface area contributed by atoms with Crippen molar-refractivity contribution < 1.29 is 0 Å². The van der Waals surface area contributed by atoms with Gasteiger partial charge in [0, 0.05) is 18.9 Å². The van der Waals surface area contributed by atoms with Crippen LogP contribution in [0.25, 0.3) is 11.0 Å². The van der Waals surface area contributed by atoms with Gasteiger partial charge >= 0.3 is 0 Å². The van der Waals surface area contributed by atoms with Crippen LogP contribution in [-0.4, -0.2) is 22.5 Å². The first-order chi connectivity index (χ1) is 8.22. The van der Waals surface area contributed by atoms with Gasteiger partial charge in [-0.1, -0.05) is 0 Å². The Hall–Kier alpha value is -1.69. The molecule has 0 bridgehead atoms. The number of nitrogens with one attached hydrogen (secondary N) is 1. The Labute approximate surface area is 107 Å². The SMILES string of the molecule is CCN=C(N)Nc1ccc2nccnc2c1Br. The van der Waals surface area contributed by atoms with Gasteiger partial charge in [-0.25, -0.2) is 0 Å². The van der Waals surface area contributed by atoms with Crippen molar-refractivity contribution in [3.63, 3.8) is 0 Å². The van der Waals surface area contributed by atoms with Gasteiger partial charge < -0.3 is 11.1 Å². The summed E-state index contributed by atoms with van der Waals surface area (Å²) >= 11 is 3.49. The summed E-state index contributed by atoms with van der Waals surface area (Å²) in [6, 6.07) is 3.77. The monoisotopic (exact) mass is 293 g/mol. The molecule has 0 saturated heterocycles. The Balaban J connectivity index is 2.42. The van der Waals surface area contributed by atoms with Crippen molar-refractivity contribution in [1.82, 2.24) is 9.97 Å². The van der Waals surface area contributed by atoms with E-state index in [1.165, 1.54) is 0 Å². The first kappa shape index (κ1) is 11.8. The van der Waals surface area contributed by atoms with Crippen molar-refractivity contribution >= 4 is 38.6 Å². The van der Waals surface area contributed by atoms with Crippen molar-refractivity contribution in [2.24, 2.45) is 10.7 Å². The Kier molecular flexibility index (Phi) is 3.53. The molecular weight excluding hydrogens is 282 g/mol. The van der Waals surface area contributed by atoms with Crippen molar-refractivity contribution in [2.45, 2.75) is 6.92 Å². The highest BCUT2D eigenvalue weighted by Crippen LogP contribution is 2.28. The third kappa shape index (κ3) is 2.52. The number of hydrogen-bond donors (Lipinski definition) is 2. The molecule has 5 nitrogen and oxygen atoms in total. The molecule has 3 N–H and O–H groups in total. The lowest BCUT2D eigenvalue weighted by Crippen LogP contribution is -2.22. The zero-order valence-electron chi connectivity index (χ0n) is 9.31. The summed E-state index contributed by atoms with van der Waals surface area (Å²) in [5.41, 5.74) is 8.16. The van der Waals surface area contributed by atoms with Gasteiger partial charge in [-0.2, -0.15) is 0 Å². The van der Waals surface area contributed by atoms with Crippen LogP contribution in [0.2, 0.25) is 0 Å². The lowest BCUT2D eigenvalue weighted by atomic mass is 10.2. The molecule has 0 saturated carbocycles. The largest absolute Gasteiger partial charge is 0.370 e. The number of hydrogen-bond acceptors (Lipinski definition) is 3. The fourth-order valence-corrected chi connectivity index (χ4v) is 1.98. The molecule has 0 unspecified atom stereocenters. The minimum atomic E-state index is 0.386. The normalized spacial score (nSPS) is 11.8. The van der Waals surface area contributed by atoms with Gasteiger partial charge in [0.05, 0.1) is 15.7 Å². The van der Waals surface area contributed by atoms with Gasteiger partial charge in [0.2, 0.25) is 0 Å².